The van der Waals surface area contributed by atoms with E-state index in [1.54, 1.807) is 10.8 Å². The second-order valence-electron chi connectivity index (χ2n) is 8.88. The van der Waals surface area contributed by atoms with Crippen LogP contribution in [0.4, 0.5) is 5.69 Å². The Hall–Kier alpha value is -3.58. The van der Waals surface area contributed by atoms with Crippen molar-refractivity contribution in [2.24, 2.45) is 7.05 Å². The first-order valence-electron chi connectivity index (χ1n) is 12.1. The molecular weight excluding hydrogens is 442 g/mol. The third-order valence-electron chi connectivity index (χ3n) is 6.10. The van der Waals surface area contributed by atoms with E-state index < -0.39 is 5.97 Å². The van der Waals surface area contributed by atoms with E-state index in [9.17, 15) is 9.90 Å². The summed E-state index contributed by atoms with van der Waals surface area (Å²) in [6, 6.07) is 14.1. The average Bonchev–Trinajstić information content (AvgIpc) is 3.16. The number of hydrogen-bond donors (Lipinski definition) is 1. The molecule has 0 radical (unpaired) electrons. The van der Waals surface area contributed by atoms with E-state index in [0.29, 0.717) is 31.7 Å². The number of carbonyl (C=O) groups is 1. The summed E-state index contributed by atoms with van der Waals surface area (Å²) >= 11 is 0. The molecule has 2 heterocycles. The summed E-state index contributed by atoms with van der Waals surface area (Å²) < 4.78 is 13.3. The zero-order chi connectivity index (χ0) is 24.8. The van der Waals surface area contributed by atoms with Crippen molar-refractivity contribution in [1.29, 1.82) is 0 Å². The Bertz CT molecular complexity index is 1180. The van der Waals surface area contributed by atoms with Gasteiger partial charge in [0.2, 0.25) is 0 Å². The number of aromatic nitrogens is 2. The van der Waals surface area contributed by atoms with E-state index in [4.69, 9.17) is 9.47 Å². The molecule has 0 fully saturated rings. The fraction of sp³-hybridized carbons (Fsp3) is 0.357. The van der Waals surface area contributed by atoms with Crippen LogP contribution in [0.3, 0.4) is 0 Å². The lowest BCUT2D eigenvalue weighted by Crippen LogP contribution is -2.24. The minimum Gasteiger partial charge on any atom is -0.478 e. The Kier molecular flexibility index (Phi) is 7.87. The molecule has 1 unspecified atom stereocenters. The summed E-state index contributed by atoms with van der Waals surface area (Å²) in [5.41, 5.74) is 5.48. The van der Waals surface area contributed by atoms with Crippen molar-refractivity contribution in [3.8, 4) is 16.9 Å². The molecule has 2 aromatic carbocycles. The van der Waals surface area contributed by atoms with E-state index in [0.717, 1.165) is 46.5 Å². The first-order valence-corrected chi connectivity index (χ1v) is 12.1. The predicted molar refractivity (Wildman–Crippen MR) is 137 cm³/mol. The van der Waals surface area contributed by atoms with Crippen molar-refractivity contribution >= 4 is 17.7 Å². The highest BCUT2D eigenvalue weighted by Gasteiger charge is 2.20. The third kappa shape index (κ3) is 6.31. The number of fused-ring (bicyclic) bond motifs is 1. The highest BCUT2D eigenvalue weighted by atomic mass is 16.7. The molecule has 7 nitrogen and oxygen atoms in total. The highest BCUT2D eigenvalue weighted by molar-refractivity contribution is 5.94. The second-order valence-corrected chi connectivity index (χ2v) is 8.88. The zero-order valence-corrected chi connectivity index (χ0v) is 20.6. The van der Waals surface area contributed by atoms with Gasteiger partial charge in [0.05, 0.1) is 12.8 Å². The summed E-state index contributed by atoms with van der Waals surface area (Å²) in [6.07, 6.45) is 7.93. The van der Waals surface area contributed by atoms with Crippen LogP contribution >= 0.6 is 0 Å². The molecule has 0 amide bonds. The molecule has 1 aliphatic rings. The van der Waals surface area contributed by atoms with E-state index >= 15 is 0 Å². The number of aryl methyl sites for hydroxylation is 1. The number of hydrogen-bond acceptors (Lipinski definition) is 5. The van der Waals surface area contributed by atoms with Crippen LogP contribution in [0.15, 0.2) is 60.4 Å². The van der Waals surface area contributed by atoms with Crippen molar-refractivity contribution in [2.75, 3.05) is 18.1 Å². The zero-order valence-electron chi connectivity index (χ0n) is 20.6. The third-order valence-corrected chi connectivity index (χ3v) is 6.10. The molecule has 1 N–H and O–H groups in total. The summed E-state index contributed by atoms with van der Waals surface area (Å²) in [7, 11) is 1.90. The first kappa shape index (κ1) is 24.5. The molecule has 7 heteroatoms. The van der Waals surface area contributed by atoms with Gasteiger partial charge in [-0.25, -0.2) is 4.79 Å². The van der Waals surface area contributed by atoms with Gasteiger partial charge in [-0.2, -0.15) is 5.10 Å². The molecule has 184 valence electrons. The predicted octanol–water partition coefficient (Wildman–Crippen LogP) is 5.51. The minimum absolute atomic E-state index is 0.301. The lowest BCUT2D eigenvalue weighted by Gasteiger charge is -2.25. The molecule has 1 aromatic heterocycles. The largest absolute Gasteiger partial charge is 0.478 e. The highest BCUT2D eigenvalue weighted by Crippen LogP contribution is 2.34. The van der Waals surface area contributed by atoms with E-state index in [-0.39, 0.29) is 6.29 Å². The maximum absolute atomic E-state index is 11.8. The number of nitrogens with zero attached hydrogens (tertiary/aromatic N) is 3. The normalized spacial score (nSPS) is 14.1. The number of benzene rings is 2. The number of carboxylic acid groups (broad SMARTS) is 1. The van der Waals surface area contributed by atoms with Crippen molar-refractivity contribution in [1.82, 2.24) is 9.78 Å². The van der Waals surface area contributed by atoms with Gasteiger partial charge in [-0.15, -0.1) is 0 Å². The van der Waals surface area contributed by atoms with Crippen LogP contribution < -0.4 is 9.64 Å². The Morgan fingerprint density at radius 1 is 1.17 bits per heavy atom. The van der Waals surface area contributed by atoms with Gasteiger partial charge in [0.1, 0.15) is 5.75 Å². The molecule has 4 rings (SSSR count). The summed E-state index contributed by atoms with van der Waals surface area (Å²) in [5, 5.41) is 14.0. The van der Waals surface area contributed by atoms with Crippen LogP contribution in [0.25, 0.3) is 17.2 Å². The molecule has 0 saturated heterocycles. The lowest BCUT2D eigenvalue weighted by atomic mass is 10.00. The van der Waals surface area contributed by atoms with E-state index in [1.165, 1.54) is 0 Å². The van der Waals surface area contributed by atoms with Crippen LogP contribution in [0, 0.1) is 0 Å². The number of rotatable bonds is 10. The van der Waals surface area contributed by atoms with Crippen LogP contribution in [0.1, 0.15) is 44.2 Å². The number of carboxylic acids is 1. The van der Waals surface area contributed by atoms with Crippen LogP contribution in [0.2, 0.25) is 0 Å². The van der Waals surface area contributed by atoms with Gasteiger partial charge in [-0.05, 0) is 66.8 Å². The Balaban J connectivity index is 1.56. The van der Waals surface area contributed by atoms with Gasteiger partial charge in [0.15, 0.2) is 6.29 Å². The van der Waals surface area contributed by atoms with Crippen molar-refractivity contribution in [3.05, 3.63) is 71.6 Å². The standard InChI is InChI=1S/C28H33N3O4/c1-4-5-14-34-20(2)35-26-9-6-22(7-10-26)23-8-11-27-25(15-23)16-24(28(32)33)12-13-31(27)19-21-17-29-30(3)18-21/h6-11,15-18,20H,4-5,12-14,19H2,1-3H3,(H,32,33). The van der Waals surface area contributed by atoms with Crippen molar-refractivity contribution < 1.29 is 19.4 Å². The summed E-state index contributed by atoms with van der Waals surface area (Å²) in [5.74, 6) is -0.121. The average molecular weight is 476 g/mol. The molecule has 3 aromatic rings. The van der Waals surface area contributed by atoms with Gasteiger partial charge in [0.25, 0.3) is 0 Å². The quantitative estimate of drug-likeness (QED) is 0.308. The number of aliphatic carboxylic acids is 1. The Labute approximate surface area is 206 Å². The van der Waals surface area contributed by atoms with Crippen molar-refractivity contribution in [2.45, 2.75) is 45.9 Å². The molecule has 0 bridgehead atoms. The number of anilines is 1. The van der Waals surface area contributed by atoms with Gasteiger partial charge in [-0.1, -0.05) is 31.5 Å². The molecular formula is C28H33N3O4. The SMILES string of the molecule is CCCCOC(C)Oc1ccc(-c2ccc3c(c2)C=C(C(=O)O)CCN3Cc2cnn(C)c2)cc1. The molecule has 1 aliphatic heterocycles. The van der Waals surface area contributed by atoms with Gasteiger partial charge >= 0.3 is 5.97 Å². The van der Waals surface area contributed by atoms with Gasteiger partial charge in [0, 0.05) is 43.2 Å². The molecule has 0 spiro atoms. The minimum atomic E-state index is -0.874. The second kappa shape index (κ2) is 11.2. The number of unbranched alkanes of at least 4 members (excludes halogenated alkanes) is 1. The molecule has 35 heavy (non-hydrogen) atoms. The maximum Gasteiger partial charge on any atom is 0.331 e. The van der Waals surface area contributed by atoms with Gasteiger partial charge in [-0.3, -0.25) is 4.68 Å². The summed E-state index contributed by atoms with van der Waals surface area (Å²) in [4.78, 5) is 14.0. The topological polar surface area (TPSA) is 76.8 Å². The first-order chi connectivity index (χ1) is 16.9. The lowest BCUT2D eigenvalue weighted by molar-refractivity contribution is -0.132. The smallest absolute Gasteiger partial charge is 0.331 e. The molecule has 0 saturated carbocycles. The van der Waals surface area contributed by atoms with Crippen LogP contribution in [-0.2, 0) is 23.1 Å². The van der Waals surface area contributed by atoms with E-state index in [1.807, 2.05) is 50.6 Å². The van der Waals surface area contributed by atoms with Crippen LogP contribution in [0.5, 0.6) is 5.75 Å². The van der Waals surface area contributed by atoms with Gasteiger partial charge < -0.3 is 19.5 Å². The maximum atomic E-state index is 11.8. The van der Waals surface area contributed by atoms with E-state index in [2.05, 4.69) is 35.1 Å². The Morgan fingerprint density at radius 3 is 2.63 bits per heavy atom. The van der Waals surface area contributed by atoms with Crippen LogP contribution in [-0.4, -0.2) is 40.3 Å². The summed E-state index contributed by atoms with van der Waals surface area (Å²) in [6.45, 7) is 6.02. The number of ether oxygens (including phenoxy) is 2. The fourth-order valence-electron chi connectivity index (χ4n) is 4.23. The fourth-order valence-corrected chi connectivity index (χ4v) is 4.23. The Morgan fingerprint density at radius 2 is 1.94 bits per heavy atom. The monoisotopic (exact) mass is 475 g/mol. The van der Waals surface area contributed by atoms with Crippen molar-refractivity contribution in [3.63, 3.8) is 0 Å². The molecule has 1 atom stereocenters. The molecule has 0 aliphatic carbocycles.